The Hall–Kier alpha value is -2.20. The molecule has 0 radical (unpaired) electrons. The van der Waals surface area contributed by atoms with Crippen molar-refractivity contribution < 1.29 is 23.2 Å². The molecule has 1 aliphatic heterocycles. The maximum atomic E-state index is 12.4. The molecular weight excluding hydrogens is 314 g/mol. The molecule has 1 atom stereocenters. The molecule has 1 aliphatic rings. The molecule has 0 aliphatic carbocycles. The van der Waals surface area contributed by atoms with Gasteiger partial charge in [0.15, 0.2) is 4.90 Å². The summed E-state index contributed by atoms with van der Waals surface area (Å²) >= 11 is 0. The van der Waals surface area contributed by atoms with E-state index in [0.717, 1.165) is 17.0 Å². The highest BCUT2D eigenvalue weighted by Gasteiger charge is 2.33. The molecule has 120 valence electrons. The van der Waals surface area contributed by atoms with Crippen molar-refractivity contribution in [3.05, 3.63) is 34.4 Å². The summed E-state index contributed by atoms with van der Waals surface area (Å²) in [6, 6.07) is 4.94. The lowest BCUT2D eigenvalue weighted by Gasteiger charge is -2.33. The molecule has 10 heteroatoms. The van der Waals surface area contributed by atoms with Crippen LogP contribution in [0.1, 0.15) is 19.3 Å². The Bertz CT molecular complexity index is 690. The van der Waals surface area contributed by atoms with Crippen molar-refractivity contribution in [2.45, 2.75) is 30.3 Å². The second-order valence-electron chi connectivity index (χ2n) is 4.83. The van der Waals surface area contributed by atoms with Gasteiger partial charge in [-0.05, 0) is 25.3 Å². The Morgan fingerprint density at radius 1 is 1.36 bits per heavy atom. The number of piperidine rings is 1. The zero-order valence-electron chi connectivity index (χ0n) is 11.5. The maximum absolute atomic E-state index is 12.4. The molecule has 22 heavy (non-hydrogen) atoms. The van der Waals surface area contributed by atoms with Crippen molar-refractivity contribution in [2.75, 3.05) is 6.54 Å². The van der Waals surface area contributed by atoms with Gasteiger partial charge in [0.2, 0.25) is 10.0 Å². The summed E-state index contributed by atoms with van der Waals surface area (Å²) in [4.78, 5) is 21.8. The van der Waals surface area contributed by atoms with Gasteiger partial charge in [-0.15, -0.1) is 0 Å². The highest BCUT2D eigenvalue weighted by Crippen LogP contribution is 2.24. The minimum absolute atomic E-state index is 0.222. The van der Waals surface area contributed by atoms with E-state index in [1.807, 2.05) is 0 Å². The molecule has 1 aromatic carbocycles. The number of nitrogens with zero attached hydrogens (tertiary/aromatic N) is 2. The first kappa shape index (κ1) is 16.2. The molecular formula is C12H15N3O6S. The van der Waals surface area contributed by atoms with Gasteiger partial charge in [0.25, 0.3) is 5.69 Å². The maximum Gasteiger partial charge on any atom is 0.408 e. The van der Waals surface area contributed by atoms with E-state index < -0.39 is 37.8 Å². The smallest absolute Gasteiger partial charge is 0.408 e. The lowest BCUT2D eigenvalue weighted by molar-refractivity contribution is -0.387. The molecule has 1 fully saturated rings. The van der Waals surface area contributed by atoms with Crippen LogP contribution < -0.4 is 4.72 Å². The van der Waals surface area contributed by atoms with Crippen LogP contribution in [0, 0.1) is 10.1 Å². The summed E-state index contributed by atoms with van der Waals surface area (Å²) in [6.45, 7) is 0.222. The van der Waals surface area contributed by atoms with Crippen molar-refractivity contribution in [3.63, 3.8) is 0 Å². The summed E-state index contributed by atoms with van der Waals surface area (Å²) in [5, 5.41) is 20.0. The van der Waals surface area contributed by atoms with E-state index in [1.54, 1.807) is 0 Å². The van der Waals surface area contributed by atoms with Gasteiger partial charge in [-0.25, -0.2) is 13.2 Å². The van der Waals surface area contributed by atoms with Crippen molar-refractivity contribution in [1.29, 1.82) is 0 Å². The van der Waals surface area contributed by atoms with Gasteiger partial charge in [-0.1, -0.05) is 12.1 Å². The Balaban J connectivity index is 2.31. The third kappa shape index (κ3) is 3.34. The molecule has 2 rings (SSSR count). The number of nitro groups is 1. The van der Waals surface area contributed by atoms with E-state index in [4.69, 9.17) is 5.11 Å². The summed E-state index contributed by atoms with van der Waals surface area (Å²) in [6.07, 6.45) is -0.498. The first-order chi connectivity index (χ1) is 10.3. The number of sulfonamides is 1. The molecule has 1 unspecified atom stereocenters. The second-order valence-corrected chi connectivity index (χ2v) is 6.52. The molecule has 1 amide bonds. The van der Waals surface area contributed by atoms with Crippen LogP contribution in [0.15, 0.2) is 29.2 Å². The summed E-state index contributed by atoms with van der Waals surface area (Å²) in [7, 11) is -4.20. The van der Waals surface area contributed by atoms with Crippen molar-refractivity contribution in [3.8, 4) is 0 Å². The average molecular weight is 329 g/mol. The van der Waals surface area contributed by atoms with Gasteiger partial charge >= 0.3 is 6.09 Å². The Morgan fingerprint density at radius 3 is 2.68 bits per heavy atom. The molecule has 1 saturated heterocycles. The van der Waals surface area contributed by atoms with Crippen molar-refractivity contribution >= 4 is 21.8 Å². The van der Waals surface area contributed by atoms with Crippen LogP contribution in [0.2, 0.25) is 0 Å². The summed E-state index contributed by atoms with van der Waals surface area (Å²) in [5.74, 6) is 0. The molecule has 1 aromatic rings. The monoisotopic (exact) mass is 329 g/mol. The fourth-order valence-electron chi connectivity index (χ4n) is 2.36. The molecule has 1 heterocycles. The lowest BCUT2D eigenvalue weighted by atomic mass is 10.1. The standard InChI is InChI=1S/C12H15N3O6S/c16-12(17)14-8-4-3-7-11(14)13-22(20,21)10-6-2-1-5-9(10)15(18)19/h1-2,5-6,11,13H,3-4,7-8H2,(H,16,17). The molecule has 0 spiro atoms. The normalized spacial score (nSPS) is 18.9. The molecule has 2 N–H and O–H groups in total. The van der Waals surface area contributed by atoms with Gasteiger partial charge in [-0.3, -0.25) is 15.0 Å². The van der Waals surface area contributed by atoms with Gasteiger partial charge in [0.05, 0.1) is 11.1 Å². The van der Waals surface area contributed by atoms with Gasteiger partial charge < -0.3 is 5.11 Å². The van der Waals surface area contributed by atoms with E-state index in [2.05, 4.69) is 4.72 Å². The average Bonchev–Trinajstić information content (AvgIpc) is 2.47. The number of amides is 1. The number of nitro benzene ring substituents is 1. The van der Waals surface area contributed by atoms with Crippen LogP contribution >= 0.6 is 0 Å². The van der Waals surface area contributed by atoms with Gasteiger partial charge in [0, 0.05) is 12.6 Å². The number of carbonyl (C=O) groups is 1. The summed E-state index contributed by atoms with van der Waals surface area (Å²) in [5.41, 5.74) is -0.548. The van der Waals surface area contributed by atoms with Crippen LogP contribution in [0.5, 0.6) is 0 Å². The number of hydrogen-bond donors (Lipinski definition) is 2. The second kappa shape index (κ2) is 6.28. The number of para-hydroxylation sites is 1. The number of rotatable bonds is 4. The molecule has 9 nitrogen and oxygen atoms in total. The van der Waals surface area contributed by atoms with E-state index in [0.29, 0.717) is 19.3 Å². The predicted octanol–water partition coefficient (Wildman–Crippen LogP) is 1.36. The minimum atomic E-state index is -4.20. The number of hydrogen-bond acceptors (Lipinski definition) is 5. The third-order valence-electron chi connectivity index (χ3n) is 3.39. The van der Waals surface area contributed by atoms with E-state index in [-0.39, 0.29) is 6.54 Å². The van der Waals surface area contributed by atoms with Crippen LogP contribution in [-0.2, 0) is 10.0 Å². The van der Waals surface area contributed by atoms with Crippen molar-refractivity contribution in [1.82, 2.24) is 9.62 Å². The SMILES string of the molecule is O=C(O)N1CCCCC1NS(=O)(=O)c1ccccc1[N+](=O)[O-]. The number of nitrogens with one attached hydrogen (secondary N) is 1. The zero-order chi connectivity index (χ0) is 16.3. The van der Waals surface area contributed by atoms with E-state index in [9.17, 15) is 23.3 Å². The topological polar surface area (TPSA) is 130 Å². The van der Waals surface area contributed by atoms with Gasteiger partial charge in [0.1, 0.15) is 0 Å². The van der Waals surface area contributed by atoms with Crippen molar-refractivity contribution in [2.24, 2.45) is 0 Å². The highest BCUT2D eigenvalue weighted by molar-refractivity contribution is 7.89. The third-order valence-corrected chi connectivity index (χ3v) is 4.90. The zero-order valence-corrected chi connectivity index (χ0v) is 12.3. The summed E-state index contributed by atoms with van der Waals surface area (Å²) < 4.78 is 27.0. The largest absolute Gasteiger partial charge is 0.465 e. The van der Waals surface area contributed by atoms with Crippen LogP contribution in [0.3, 0.4) is 0 Å². The first-order valence-corrected chi connectivity index (χ1v) is 8.06. The fourth-order valence-corrected chi connectivity index (χ4v) is 3.77. The van der Waals surface area contributed by atoms with Crippen LogP contribution in [-0.4, -0.2) is 42.2 Å². The fraction of sp³-hybridized carbons (Fsp3) is 0.417. The van der Waals surface area contributed by atoms with E-state index in [1.165, 1.54) is 12.1 Å². The Morgan fingerprint density at radius 2 is 2.05 bits per heavy atom. The van der Waals surface area contributed by atoms with E-state index >= 15 is 0 Å². The van der Waals surface area contributed by atoms with Crippen LogP contribution in [0.25, 0.3) is 0 Å². The number of benzene rings is 1. The Labute approximate surface area is 126 Å². The Kier molecular flexibility index (Phi) is 4.62. The number of likely N-dealkylation sites (tertiary alicyclic amines) is 1. The van der Waals surface area contributed by atoms with Crippen LogP contribution in [0.4, 0.5) is 10.5 Å². The molecule has 0 bridgehead atoms. The molecule has 0 saturated carbocycles. The highest BCUT2D eigenvalue weighted by atomic mass is 32.2. The number of carboxylic acid groups (broad SMARTS) is 1. The minimum Gasteiger partial charge on any atom is -0.465 e. The molecule has 0 aromatic heterocycles. The first-order valence-electron chi connectivity index (χ1n) is 6.58. The predicted molar refractivity (Wildman–Crippen MR) is 75.8 cm³/mol. The van der Waals surface area contributed by atoms with Gasteiger partial charge in [-0.2, -0.15) is 4.72 Å². The quantitative estimate of drug-likeness (QED) is 0.633. The lowest BCUT2D eigenvalue weighted by Crippen LogP contribution is -2.52.